The number of aryl methyl sites for hydroxylation is 1. The predicted molar refractivity (Wildman–Crippen MR) is 158 cm³/mol. The van der Waals surface area contributed by atoms with Crippen molar-refractivity contribution in [3.63, 3.8) is 0 Å². The molecule has 0 aliphatic heterocycles. The van der Waals surface area contributed by atoms with E-state index in [4.69, 9.17) is 23.7 Å². The van der Waals surface area contributed by atoms with Gasteiger partial charge in [-0.1, -0.05) is 12.8 Å². The van der Waals surface area contributed by atoms with Crippen molar-refractivity contribution in [2.75, 3.05) is 35.0 Å². The van der Waals surface area contributed by atoms with Crippen LogP contribution < -0.4 is 24.5 Å². The highest BCUT2D eigenvalue weighted by Crippen LogP contribution is 2.43. The molecule has 10 heteroatoms. The number of pyridine rings is 3. The van der Waals surface area contributed by atoms with Gasteiger partial charge in [0.25, 0.3) is 5.56 Å². The summed E-state index contributed by atoms with van der Waals surface area (Å²) in [5.41, 5.74) is 2.36. The Hall–Kier alpha value is -4.60. The lowest BCUT2D eigenvalue weighted by Crippen LogP contribution is -2.29. The van der Waals surface area contributed by atoms with Crippen LogP contribution in [0.1, 0.15) is 47.4 Å². The number of hydrogen-bond donors (Lipinski definition) is 0. The lowest BCUT2D eigenvalue weighted by atomic mass is 9.97. The van der Waals surface area contributed by atoms with Crippen LogP contribution in [0, 0.1) is 12.8 Å². The number of aromatic nitrogens is 3. The summed E-state index contributed by atoms with van der Waals surface area (Å²) >= 11 is 0. The zero-order chi connectivity index (χ0) is 29.8. The third-order valence-corrected chi connectivity index (χ3v) is 7.67. The summed E-state index contributed by atoms with van der Waals surface area (Å²) in [6, 6.07) is 10.6. The quantitative estimate of drug-likeness (QED) is 0.237. The van der Waals surface area contributed by atoms with Crippen molar-refractivity contribution < 1.29 is 28.5 Å². The average molecular weight is 574 g/mol. The molecule has 4 aromatic rings. The van der Waals surface area contributed by atoms with Crippen LogP contribution in [0.4, 0.5) is 0 Å². The summed E-state index contributed by atoms with van der Waals surface area (Å²) in [4.78, 5) is 36.6. The number of benzene rings is 1. The SMILES string of the molecule is COC(=O)c1c(-c2cc(OC)c(OC)c(OC)c2)c2ccc(OCC3CCCC3)nc2c(=O)n1Cc1ccnc(C)c1. The summed E-state index contributed by atoms with van der Waals surface area (Å²) in [7, 11) is 5.84. The van der Waals surface area contributed by atoms with E-state index < -0.39 is 11.5 Å². The fraction of sp³-hybridized carbons (Fsp3) is 0.375. The fourth-order valence-electron chi connectivity index (χ4n) is 5.62. The van der Waals surface area contributed by atoms with Gasteiger partial charge < -0.3 is 23.7 Å². The predicted octanol–water partition coefficient (Wildman–Crippen LogP) is 5.20. The topological polar surface area (TPSA) is 111 Å². The van der Waals surface area contributed by atoms with Gasteiger partial charge in [0.05, 0.1) is 41.6 Å². The average Bonchev–Trinajstić information content (AvgIpc) is 3.54. The Bertz CT molecular complexity index is 1650. The molecule has 1 aliphatic carbocycles. The molecule has 1 aliphatic rings. The molecule has 42 heavy (non-hydrogen) atoms. The van der Waals surface area contributed by atoms with Crippen LogP contribution in [0.15, 0.2) is 47.4 Å². The number of carbonyl (C=O) groups is 1. The number of carbonyl (C=O) groups excluding carboxylic acids is 1. The van der Waals surface area contributed by atoms with Crippen LogP contribution in [0.3, 0.4) is 0 Å². The van der Waals surface area contributed by atoms with Crippen LogP contribution in [-0.4, -0.2) is 55.6 Å². The van der Waals surface area contributed by atoms with Gasteiger partial charge in [-0.15, -0.1) is 0 Å². The highest BCUT2D eigenvalue weighted by Gasteiger charge is 2.27. The van der Waals surface area contributed by atoms with Gasteiger partial charge in [0, 0.05) is 28.9 Å². The van der Waals surface area contributed by atoms with Crippen molar-refractivity contribution in [2.24, 2.45) is 5.92 Å². The number of methoxy groups -OCH3 is 4. The number of nitrogens with zero attached hydrogens (tertiary/aromatic N) is 3. The van der Waals surface area contributed by atoms with Gasteiger partial charge in [0.2, 0.25) is 11.6 Å². The van der Waals surface area contributed by atoms with E-state index >= 15 is 0 Å². The Labute approximate surface area is 244 Å². The van der Waals surface area contributed by atoms with E-state index in [-0.39, 0.29) is 17.8 Å². The molecule has 10 nitrogen and oxygen atoms in total. The van der Waals surface area contributed by atoms with Crippen molar-refractivity contribution in [1.82, 2.24) is 14.5 Å². The van der Waals surface area contributed by atoms with Crippen LogP contribution >= 0.6 is 0 Å². The van der Waals surface area contributed by atoms with Crippen LogP contribution in [0.2, 0.25) is 0 Å². The Morgan fingerprint density at radius 3 is 2.31 bits per heavy atom. The highest BCUT2D eigenvalue weighted by atomic mass is 16.5. The Morgan fingerprint density at radius 1 is 0.976 bits per heavy atom. The molecule has 3 aromatic heterocycles. The smallest absolute Gasteiger partial charge is 0.355 e. The first-order chi connectivity index (χ1) is 20.4. The molecule has 0 saturated heterocycles. The molecule has 0 radical (unpaired) electrons. The van der Waals surface area contributed by atoms with Crippen molar-refractivity contribution in [2.45, 2.75) is 39.2 Å². The van der Waals surface area contributed by atoms with E-state index in [1.54, 1.807) is 36.5 Å². The molecule has 3 heterocycles. The highest BCUT2D eigenvalue weighted by molar-refractivity contribution is 6.06. The first kappa shape index (κ1) is 28.9. The minimum Gasteiger partial charge on any atom is -0.493 e. The lowest BCUT2D eigenvalue weighted by molar-refractivity contribution is 0.0588. The van der Waals surface area contributed by atoms with E-state index in [0.29, 0.717) is 52.2 Å². The van der Waals surface area contributed by atoms with E-state index in [2.05, 4.69) is 9.97 Å². The molecule has 0 bridgehead atoms. The Balaban J connectivity index is 1.80. The molecule has 1 fully saturated rings. The molecular weight excluding hydrogens is 538 g/mol. The second-order valence-electron chi connectivity index (χ2n) is 10.3. The molecule has 220 valence electrons. The van der Waals surface area contributed by atoms with Gasteiger partial charge in [-0.05, 0) is 67.1 Å². The van der Waals surface area contributed by atoms with Crippen LogP contribution in [0.25, 0.3) is 22.0 Å². The van der Waals surface area contributed by atoms with E-state index in [1.165, 1.54) is 45.8 Å². The number of fused-ring (bicyclic) bond motifs is 1. The first-order valence-electron chi connectivity index (χ1n) is 13.9. The molecule has 0 atom stereocenters. The maximum absolute atomic E-state index is 14.2. The summed E-state index contributed by atoms with van der Waals surface area (Å²) in [5.74, 6) is 1.34. The number of esters is 1. The standard InChI is InChI=1S/C32H35N3O7/c1-19-14-21(12-13-33-19)17-35-29(32(37)41-5)27(22-15-24(38-2)30(40-4)25(16-22)39-3)23-10-11-26(34-28(23)31(35)36)42-18-20-8-6-7-9-20/h10-16,20H,6-9,17-18H2,1-5H3. The molecule has 0 amide bonds. The van der Waals surface area contributed by atoms with Gasteiger partial charge in [-0.2, -0.15) is 0 Å². The summed E-state index contributed by atoms with van der Waals surface area (Å²) in [6.45, 7) is 2.50. The van der Waals surface area contributed by atoms with Gasteiger partial charge in [0.15, 0.2) is 11.5 Å². The molecule has 1 saturated carbocycles. The Kier molecular flexibility index (Phi) is 8.61. The van der Waals surface area contributed by atoms with Gasteiger partial charge in [-0.25, -0.2) is 9.78 Å². The zero-order valence-corrected chi connectivity index (χ0v) is 24.6. The molecule has 1 aromatic carbocycles. The number of hydrogen-bond acceptors (Lipinski definition) is 9. The second-order valence-corrected chi connectivity index (χ2v) is 10.3. The normalized spacial score (nSPS) is 13.3. The van der Waals surface area contributed by atoms with Crippen LogP contribution in [0.5, 0.6) is 23.1 Å². The van der Waals surface area contributed by atoms with Crippen LogP contribution in [-0.2, 0) is 11.3 Å². The Morgan fingerprint density at radius 2 is 1.69 bits per heavy atom. The number of rotatable bonds is 10. The van der Waals surface area contributed by atoms with E-state index in [1.807, 2.05) is 13.0 Å². The second kappa shape index (κ2) is 12.5. The molecule has 5 rings (SSSR count). The maximum atomic E-state index is 14.2. The summed E-state index contributed by atoms with van der Waals surface area (Å²) in [5, 5.41) is 0.463. The summed E-state index contributed by atoms with van der Waals surface area (Å²) in [6.07, 6.45) is 6.32. The van der Waals surface area contributed by atoms with Gasteiger partial charge in [0.1, 0.15) is 11.2 Å². The van der Waals surface area contributed by atoms with E-state index in [0.717, 1.165) is 24.1 Å². The molecule has 0 unspecified atom stereocenters. The fourth-order valence-corrected chi connectivity index (χ4v) is 5.62. The molecular formula is C32H35N3O7. The molecule has 0 spiro atoms. The first-order valence-corrected chi connectivity index (χ1v) is 13.9. The zero-order valence-electron chi connectivity index (χ0n) is 24.6. The number of ether oxygens (including phenoxy) is 5. The lowest BCUT2D eigenvalue weighted by Gasteiger charge is -2.20. The minimum absolute atomic E-state index is 0.0696. The van der Waals surface area contributed by atoms with Gasteiger partial charge >= 0.3 is 5.97 Å². The van der Waals surface area contributed by atoms with Crippen molar-refractivity contribution in [1.29, 1.82) is 0 Å². The third kappa shape index (κ3) is 5.61. The van der Waals surface area contributed by atoms with Gasteiger partial charge in [-0.3, -0.25) is 14.3 Å². The molecule has 0 N–H and O–H groups in total. The largest absolute Gasteiger partial charge is 0.493 e. The monoisotopic (exact) mass is 573 g/mol. The summed E-state index contributed by atoms with van der Waals surface area (Å²) < 4.78 is 29.4. The third-order valence-electron chi connectivity index (χ3n) is 7.67. The minimum atomic E-state index is -0.676. The van der Waals surface area contributed by atoms with Crippen molar-refractivity contribution in [3.8, 4) is 34.3 Å². The van der Waals surface area contributed by atoms with E-state index in [9.17, 15) is 9.59 Å². The maximum Gasteiger partial charge on any atom is 0.355 e. The van der Waals surface area contributed by atoms with Crippen molar-refractivity contribution in [3.05, 3.63) is 69.9 Å². The van der Waals surface area contributed by atoms with Crippen molar-refractivity contribution >= 4 is 16.9 Å².